The molecule has 82 valence electrons. The summed E-state index contributed by atoms with van der Waals surface area (Å²) in [7, 11) is 0. The maximum Gasteiger partial charge on any atom is 0.278 e. The van der Waals surface area contributed by atoms with Crippen LogP contribution in [0.3, 0.4) is 0 Å². The highest BCUT2D eigenvalue weighted by Crippen LogP contribution is 2.25. The van der Waals surface area contributed by atoms with Crippen LogP contribution in [0.5, 0.6) is 0 Å². The molecule has 0 saturated carbocycles. The maximum atomic E-state index is 10.7. The van der Waals surface area contributed by atoms with Gasteiger partial charge in [0.1, 0.15) is 0 Å². The summed E-state index contributed by atoms with van der Waals surface area (Å²) < 4.78 is 5.60. The molecule has 0 amide bonds. The first kappa shape index (κ1) is 11.0. The van der Waals surface area contributed by atoms with Crippen molar-refractivity contribution in [2.45, 2.75) is 6.92 Å². The lowest BCUT2D eigenvalue weighted by molar-refractivity contribution is -0.384. The van der Waals surface area contributed by atoms with Crippen molar-refractivity contribution in [1.82, 2.24) is 10.2 Å². The van der Waals surface area contributed by atoms with Crippen molar-refractivity contribution < 1.29 is 9.34 Å². The second kappa shape index (κ2) is 4.16. The second-order valence-corrected chi connectivity index (χ2v) is 4.10. The number of hydrogen-bond donors (Lipinski definition) is 0. The van der Waals surface area contributed by atoms with Gasteiger partial charge in [0.25, 0.3) is 9.58 Å². The van der Waals surface area contributed by atoms with E-state index in [9.17, 15) is 10.1 Å². The second-order valence-electron chi connectivity index (χ2n) is 3.17. The topological polar surface area (TPSA) is 82.1 Å². The summed E-state index contributed by atoms with van der Waals surface area (Å²) in [4.78, 5) is 10.2. The molecule has 0 aliphatic heterocycles. The molecular formula is C9H6IN3O3. The quantitative estimate of drug-likeness (QED) is 0.480. The van der Waals surface area contributed by atoms with Crippen molar-refractivity contribution in [3.63, 3.8) is 0 Å². The first-order valence-corrected chi connectivity index (χ1v) is 5.39. The Morgan fingerprint density at radius 1 is 1.38 bits per heavy atom. The van der Waals surface area contributed by atoms with Crippen LogP contribution >= 0.6 is 22.6 Å². The molecule has 1 aromatic heterocycles. The van der Waals surface area contributed by atoms with E-state index < -0.39 is 4.92 Å². The van der Waals surface area contributed by atoms with Gasteiger partial charge in [-0.3, -0.25) is 10.1 Å². The molecule has 0 bridgehead atoms. The Labute approximate surface area is 104 Å². The smallest absolute Gasteiger partial charge is 0.278 e. The standard InChI is InChI=1S/C9H6IN3O3/c1-5-2-6(4-7(3-5)13(14)15)8-11-12-9(10)16-8/h2-4H,1H3. The predicted octanol–water partition coefficient (Wildman–Crippen LogP) is 2.56. The van der Waals surface area contributed by atoms with E-state index in [1.807, 2.05) is 22.6 Å². The molecule has 2 rings (SSSR count). The summed E-state index contributed by atoms with van der Waals surface area (Å²) in [5, 5.41) is 18.2. The summed E-state index contributed by atoms with van der Waals surface area (Å²) in [6.45, 7) is 1.78. The van der Waals surface area contributed by atoms with Gasteiger partial charge in [-0.25, -0.2) is 0 Å². The Kier molecular flexibility index (Phi) is 2.86. The Balaban J connectivity index is 2.53. The van der Waals surface area contributed by atoms with E-state index in [0.29, 0.717) is 9.46 Å². The van der Waals surface area contributed by atoms with Crippen LogP contribution in [-0.4, -0.2) is 15.1 Å². The molecule has 0 fully saturated rings. The van der Waals surface area contributed by atoms with E-state index in [4.69, 9.17) is 4.42 Å². The van der Waals surface area contributed by atoms with Crippen molar-refractivity contribution in [2.75, 3.05) is 0 Å². The van der Waals surface area contributed by atoms with Crippen LogP contribution in [0, 0.1) is 20.9 Å². The molecule has 0 aliphatic carbocycles. The minimum atomic E-state index is -0.447. The molecule has 0 saturated heterocycles. The number of aromatic nitrogens is 2. The third-order valence-corrected chi connectivity index (χ3v) is 2.36. The largest absolute Gasteiger partial charge is 0.412 e. The highest BCUT2D eigenvalue weighted by Gasteiger charge is 2.13. The van der Waals surface area contributed by atoms with Crippen LogP contribution in [-0.2, 0) is 0 Å². The van der Waals surface area contributed by atoms with Crippen molar-refractivity contribution in [2.24, 2.45) is 0 Å². The fourth-order valence-corrected chi connectivity index (χ4v) is 1.63. The summed E-state index contributed by atoms with van der Waals surface area (Å²) >= 11 is 1.88. The number of halogens is 1. The number of nitro groups is 1. The van der Waals surface area contributed by atoms with Gasteiger partial charge in [-0.2, -0.15) is 0 Å². The van der Waals surface area contributed by atoms with Crippen molar-refractivity contribution in [3.8, 4) is 11.5 Å². The Morgan fingerprint density at radius 3 is 2.69 bits per heavy atom. The molecule has 0 atom stereocenters. The Bertz CT molecular complexity index is 553. The SMILES string of the molecule is Cc1cc(-c2nnc(I)o2)cc([N+](=O)[O-])c1. The van der Waals surface area contributed by atoms with E-state index in [1.165, 1.54) is 12.1 Å². The molecule has 0 radical (unpaired) electrons. The van der Waals surface area contributed by atoms with Gasteiger partial charge < -0.3 is 4.42 Å². The van der Waals surface area contributed by atoms with Gasteiger partial charge in [0, 0.05) is 40.3 Å². The highest BCUT2D eigenvalue weighted by molar-refractivity contribution is 14.1. The summed E-state index contributed by atoms with van der Waals surface area (Å²) in [5.74, 6) is 0.288. The molecule has 7 heteroatoms. The van der Waals surface area contributed by atoms with Crippen LogP contribution in [0.15, 0.2) is 22.6 Å². The van der Waals surface area contributed by atoms with Crippen LogP contribution in [0.25, 0.3) is 11.5 Å². The number of hydrogen-bond acceptors (Lipinski definition) is 5. The minimum Gasteiger partial charge on any atom is -0.412 e. The average Bonchev–Trinajstić information content (AvgIpc) is 2.64. The van der Waals surface area contributed by atoms with E-state index in [0.717, 1.165) is 5.56 Å². The molecule has 16 heavy (non-hydrogen) atoms. The molecule has 0 spiro atoms. The molecular weight excluding hydrogens is 325 g/mol. The molecule has 1 heterocycles. The molecule has 2 aromatic rings. The van der Waals surface area contributed by atoms with Crippen molar-refractivity contribution in [3.05, 3.63) is 37.8 Å². The average molecular weight is 331 g/mol. The Hall–Kier alpha value is -1.51. The van der Waals surface area contributed by atoms with Gasteiger partial charge >= 0.3 is 0 Å². The summed E-state index contributed by atoms with van der Waals surface area (Å²) in [5.41, 5.74) is 1.35. The lowest BCUT2D eigenvalue weighted by Crippen LogP contribution is -1.90. The first-order chi connectivity index (χ1) is 7.56. The first-order valence-electron chi connectivity index (χ1n) is 4.32. The molecule has 0 aliphatic rings. The predicted molar refractivity (Wildman–Crippen MR) is 63.8 cm³/mol. The zero-order chi connectivity index (χ0) is 11.7. The van der Waals surface area contributed by atoms with Crippen LogP contribution in [0.4, 0.5) is 5.69 Å². The van der Waals surface area contributed by atoms with Crippen LogP contribution < -0.4 is 0 Å². The zero-order valence-corrected chi connectivity index (χ0v) is 10.3. The number of nitrogens with zero attached hydrogens (tertiary/aromatic N) is 3. The van der Waals surface area contributed by atoms with Crippen LogP contribution in [0.2, 0.25) is 0 Å². The molecule has 0 unspecified atom stereocenters. The van der Waals surface area contributed by atoms with Gasteiger partial charge in [0.05, 0.1) is 4.92 Å². The number of nitro benzene ring substituents is 1. The van der Waals surface area contributed by atoms with Crippen molar-refractivity contribution >= 4 is 28.3 Å². The van der Waals surface area contributed by atoms with Crippen molar-refractivity contribution in [1.29, 1.82) is 0 Å². The maximum absolute atomic E-state index is 10.7. The fraction of sp³-hybridized carbons (Fsp3) is 0.111. The lowest BCUT2D eigenvalue weighted by atomic mass is 10.1. The fourth-order valence-electron chi connectivity index (χ4n) is 1.31. The highest BCUT2D eigenvalue weighted by atomic mass is 127. The third kappa shape index (κ3) is 2.18. The van der Waals surface area contributed by atoms with Gasteiger partial charge in [-0.1, -0.05) is 0 Å². The van der Waals surface area contributed by atoms with Gasteiger partial charge in [-0.15, -0.1) is 10.2 Å². The summed E-state index contributed by atoms with van der Waals surface area (Å²) in [6, 6.07) is 4.66. The number of benzene rings is 1. The van der Waals surface area contributed by atoms with Gasteiger partial charge in [0.2, 0.25) is 5.89 Å². The minimum absolute atomic E-state index is 0.0169. The summed E-state index contributed by atoms with van der Waals surface area (Å²) in [6.07, 6.45) is 0. The molecule has 1 aromatic carbocycles. The number of non-ortho nitro benzene ring substituents is 1. The van der Waals surface area contributed by atoms with E-state index >= 15 is 0 Å². The van der Waals surface area contributed by atoms with Gasteiger partial charge in [0.15, 0.2) is 0 Å². The monoisotopic (exact) mass is 331 g/mol. The van der Waals surface area contributed by atoms with E-state index in [1.54, 1.807) is 13.0 Å². The molecule has 6 nitrogen and oxygen atoms in total. The molecule has 0 N–H and O–H groups in total. The zero-order valence-electron chi connectivity index (χ0n) is 8.18. The van der Waals surface area contributed by atoms with E-state index in [-0.39, 0.29) is 11.6 Å². The van der Waals surface area contributed by atoms with Crippen LogP contribution in [0.1, 0.15) is 5.56 Å². The van der Waals surface area contributed by atoms with Gasteiger partial charge in [-0.05, 0) is 18.6 Å². The Morgan fingerprint density at radius 2 is 2.12 bits per heavy atom. The third-order valence-electron chi connectivity index (χ3n) is 1.92. The number of aryl methyl sites for hydroxylation is 1. The van der Waals surface area contributed by atoms with E-state index in [2.05, 4.69) is 10.2 Å². The number of rotatable bonds is 2. The lowest BCUT2D eigenvalue weighted by Gasteiger charge is -1.98. The normalized spacial score (nSPS) is 10.4.